The second-order valence-corrected chi connectivity index (χ2v) is 8.28. The standard InChI is InChI=1S/C21H16Cl2N2O3S.2ClH/c1-11-17(20(26)27)19(12-5-3-6-13(9-12)28-2)25-10-16(29-21(25)24-11)18-14(22)7-4-8-15(18)23;;/h3-10,19H,1-2H3,(H,26,27);2*1H/p-1. The van der Waals surface area contributed by atoms with Gasteiger partial charge in [0.05, 0.1) is 29.2 Å². The number of hydrogen-bond donors (Lipinski definition) is 0. The van der Waals surface area contributed by atoms with Gasteiger partial charge in [0.1, 0.15) is 5.75 Å². The van der Waals surface area contributed by atoms with Crippen LogP contribution in [-0.4, -0.2) is 23.1 Å². The van der Waals surface area contributed by atoms with Crippen molar-refractivity contribution in [2.24, 2.45) is 4.99 Å². The summed E-state index contributed by atoms with van der Waals surface area (Å²) in [6.45, 7) is 1.67. The summed E-state index contributed by atoms with van der Waals surface area (Å²) >= 11 is 14.2. The van der Waals surface area contributed by atoms with Crippen LogP contribution < -0.4 is 9.84 Å². The molecule has 0 saturated heterocycles. The lowest BCUT2D eigenvalue weighted by Gasteiger charge is -2.34. The lowest BCUT2D eigenvalue weighted by molar-refractivity contribution is -0.300. The zero-order valence-corrected chi connectivity index (χ0v) is 20.3. The van der Waals surface area contributed by atoms with E-state index in [0.29, 0.717) is 32.2 Å². The zero-order valence-electron chi connectivity index (χ0n) is 16.3. The number of aliphatic imine (C=N–C) groups is 1. The highest BCUT2D eigenvalue weighted by Crippen LogP contribution is 2.48. The highest BCUT2D eigenvalue weighted by Gasteiger charge is 2.37. The molecule has 0 amide bonds. The van der Waals surface area contributed by atoms with E-state index in [0.717, 1.165) is 10.5 Å². The predicted octanol–water partition coefficient (Wildman–Crippen LogP) is 5.33. The van der Waals surface area contributed by atoms with E-state index in [9.17, 15) is 9.90 Å². The first kappa shape index (κ1) is 25.4. The van der Waals surface area contributed by atoms with E-state index in [1.165, 1.54) is 11.8 Å². The van der Waals surface area contributed by atoms with Crippen molar-refractivity contribution in [1.29, 1.82) is 0 Å². The van der Waals surface area contributed by atoms with E-state index in [2.05, 4.69) is 4.99 Å². The van der Waals surface area contributed by atoms with Gasteiger partial charge in [-0.3, -0.25) is 0 Å². The predicted molar refractivity (Wildman–Crippen MR) is 129 cm³/mol. The van der Waals surface area contributed by atoms with Crippen molar-refractivity contribution in [3.63, 3.8) is 0 Å². The average Bonchev–Trinajstić information content (AvgIpc) is 3.09. The van der Waals surface area contributed by atoms with Crippen LogP contribution in [0.1, 0.15) is 24.1 Å². The third-order valence-corrected chi connectivity index (χ3v) is 6.37. The Hall–Kier alpha value is -1.83. The second-order valence-electron chi connectivity index (χ2n) is 6.46. The molecule has 1 unspecified atom stereocenters. The number of aliphatic carboxylic acids is 1. The van der Waals surface area contributed by atoms with Crippen LogP contribution in [0.3, 0.4) is 0 Å². The van der Waals surface area contributed by atoms with Crippen LogP contribution in [0.5, 0.6) is 5.75 Å². The first-order valence-electron chi connectivity index (χ1n) is 8.68. The minimum atomic E-state index is -1.26. The molecule has 0 fully saturated rings. The molecule has 0 spiro atoms. The maximum absolute atomic E-state index is 12.0. The molecule has 10 heteroatoms. The van der Waals surface area contributed by atoms with Crippen LogP contribution in [0, 0.1) is 0 Å². The summed E-state index contributed by atoms with van der Waals surface area (Å²) in [4.78, 5) is 19.1. The lowest BCUT2D eigenvalue weighted by Crippen LogP contribution is -2.38. The molecule has 2 aliphatic rings. The number of carbonyl (C=O) groups excluding carboxylic acids is 1. The molecule has 1 atom stereocenters. The first-order chi connectivity index (χ1) is 13.9. The maximum atomic E-state index is 12.0. The molecule has 0 radical (unpaired) electrons. The van der Waals surface area contributed by atoms with Crippen LogP contribution in [0.25, 0.3) is 4.91 Å². The number of carboxylic acids is 1. The molecule has 2 aromatic rings. The van der Waals surface area contributed by atoms with Gasteiger partial charge in [0.25, 0.3) is 0 Å². The quantitative estimate of drug-likeness (QED) is 0.547. The molecular weight excluding hydrogens is 502 g/mol. The summed E-state index contributed by atoms with van der Waals surface area (Å²) in [6, 6.07) is 12.0. The fraction of sp³-hybridized carbons (Fsp3) is 0.143. The van der Waals surface area contributed by atoms with Crippen LogP contribution in [0.4, 0.5) is 0 Å². The van der Waals surface area contributed by atoms with Gasteiger partial charge in [-0.25, -0.2) is 4.99 Å². The Kier molecular flexibility index (Phi) is 8.36. The number of fused-ring (bicyclic) bond motifs is 1. The Morgan fingerprint density at radius 2 is 1.81 bits per heavy atom. The van der Waals surface area contributed by atoms with E-state index in [-0.39, 0.29) is 30.4 Å². The summed E-state index contributed by atoms with van der Waals surface area (Å²) in [6.07, 6.45) is 1.83. The third-order valence-electron chi connectivity index (χ3n) is 4.72. The molecule has 4 rings (SSSR count). The topological polar surface area (TPSA) is 65.0 Å². The van der Waals surface area contributed by atoms with Gasteiger partial charge in [0.15, 0.2) is 5.17 Å². The Morgan fingerprint density at radius 3 is 2.42 bits per heavy atom. The van der Waals surface area contributed by atoms with Crippen molar-refractivity contribution in [3.05, 3.63) is 81.1 Å². The molecule has 0 aromatic heterocycles. The molecule has 0 saturated carbocycles. The van der Waals surface area contributed by atoms with Gasteiger partial charge in [-0.15, -0.1) is 24.8 Å². The van der Waals surface area contributed by atoms with Gasteiger partial charge in [-0.05, 0) is 48.5 Å². The molecule has 164 valence electrons. The van der Waals surface area contributed by atoms with Crippen LogP contribution in [-0.2, 0) is 4.79 Å². The first-order valence-corrected chi connectivity index (χ1v) is 10.2. The summed E-state index contributed by atoms with van der Waals surface area (Å²) in [5, 5.41) is 13.7. The van der Waals surface area contributed by atoms with Gasteiger partial charge in [0, 0.05) is 27.9 Å². The largest absolute Gasteiger partial charge is 0.545 e. The second kappa shape index (κ2) is 10.2. The molecule has 2 aliphatic heterocycles. The maximum Gasteiger partial charge on any atom is 0.173 e. The van der Waals surface area contributed by atoms with Crippen molar-refractivity contribution in [2.45, 2.75) is 13.0 Å². The zero-order chi connectivity index (χ0) is 20.7. The van der Waals surface area contributed by atoms with Gasteiger partial charge in [0.2, 0.25) is 0 Å². The average molecular weight is 519 g/mol. The highest BCUT2D eigenvalue weighted by molar-refractivity contribution is 8.22. The fourth-order valence-electron chi connectivity index (χ4n) is 3.41. The molecule has 2 aromatic carbocycles. The number of benzene rings is 2. The fourth-order valence-corrected chi connectivity index (χ4v) is 5.26. The molecule has 2 heterocycles. The number of nitrogens with zero attached hydrogens (tertiary/aromatic N) is 2. The summed E-state index contributed by atoms with van der Waals surface area (Å²) in [7, 11) is 1.57. The van der Waals surface area contributed by atoms with Crippen molar-refractivity contribution < 1.29 is 14.6 Å². The number of thioether (sulfide) groups is 1. The van der Waals surface area contributed by atoms with Crippen molar-refractivity contribution >= 4 is 75.8 Å². The molecule has 0 N–H and O–H groups in total. The smallest absolute Gasteiger partial charge is 0.173 e. The summed E-state index contributed by atoms with van der Waals surface area (Å²) < 4.78 is 5.32. The number of rotatable bonds is 4. The Balaban J connectivity index is 0.00000171. The number of halogens is 4. The number of methoxy groups -OCH3 is 1. The van der Waals surface area contributed by atoms with E-state index in [1.54, 1.807) is 38.3 Å². The van der Waals surface area contributed by atoms with Crippen LogP contribution >= 0.6 is 59.8 Å². The Morgan fingerprint density at radius 1 is 1.16 bits per heavy atom. The molecule has 0 bridgehead atoms. The van der Waals surface area contributed by atoms with E-state index in [4.69, 9.17) is 27.9 Å². The minimum absolute atomic E-state index is 0. The van der Waals surface area contributed by atoms with Gasteiger partial charge in [-0.2, -0.15) is 0 Å². The Bertz CT molecular complexity index is 1100. The van der Waals surface area contributed by atoms with E-state index in [1.807, 2.05) is 29.3 Å². The third kappa shape index (κ3) is 4.69. The van der Waals surface area contributed by atoms with Crippen molar-refractivity contribution in [1.82, 2.24) is 4.90 Å². The van der Waals surface area contributed by atoms with Crippen molar-refractivity contribution in [2.75, 3.05) is 7.11 Å². The highest BCUT2D eigenvalue weighted by atomic mass is 35.5. The number of carbonyl (C=O) groups is 1. The molecular formula is C21H17Cl4N2O3S-. The number of carboxylic acid groups (broad SMARTS) is 1. The summed E-state index contributed by atoms with van der Waals surface area (Å²) in [5.41, 5.74) is 1.94. The van der Waals surface area contributed by atoms with Gasteiger partial charge < -0.3 is 19.5 Å². The van der Waals surface area contributed by atoms with Crippen LogP contribution in [0.2, 0.25) is 10.0 Å². The van der Waals surface area contributed by atoms with Crippen LogP contribution in [0.15, 0.2) is 64.9 Å². The van der Waals surface area contributed by atoms with Gasteiger partial charge in [-0.1, -0.05) is 41.4 Å². The molecule has 5 nitrogen and oxygen atoms in total. The number of allylic oxidation sites excluding steroid dienone is 1. The number of ether oxygens (including phenoxy) is 1. The SMILES string of the molecule is COc1cccc(C2C(C(=O)[O-])=C(C)N=C3SC(c4c(Cl)cccc4Cl)=CN32)c1.Cl.Cl. The molecule has 31 heavy (non-hydrogen) atoms. The molecule has 0 aliphatic carbocycles. The number of amidine groups is 1. The minimum Gasteiger partial charge on any atom is -0.545 e. The normalized spacial score (nSPS) is 17.2. The van der Waals surface area contributed by atoms with E-state index >= 15 is 0 Å². The van der Waals surface area contributed by atoms with E-state index < -0.39 is 12.0 Å². The number of hydrogen-bond acceptors (Lipinski definition) is 6. The monoisotopic (exact) mass is 517 g/mol. The van der Waals surface area contributed by atoms with Crippen molar-refractivity contribution in [3.8, 4) is 5.75 Å². The summed E-state index contributed by atoms with van der Waals surface area (Å²) in [5.74, 6) is -0.632. The van der Waals surface area contributed by atoms with Gasteiger partial charge >= 0.3 is 0 Å². The Labute approximate surface area is 206 Å². The lowest BCUT2D eigenvalue weighted by atomic mass is 9.94.